The molecule has 0 aliphatic carbocycles. The van der Waals surface area contributed by atoms with E-state index in [4.69, 9.17) is 0 Å². The summed E-state index contributed by atoms with van der Waals surface area (Å²) in [4.78, 5) is 4.74. The van der Waals surface area contributed by atoms with Crippen LogP contribution in [0, 0.1) is 0 Å². The van der Waals surface area contributed by atoms with Gasteiger partial charge in [0.1, 0.15) is 5.82 Å². The number of nitrogens with zero attached hydrogens (tertiary/aromatic N) is 2. The second-order valence-electron chi connectivity index (χ2n) is 4.39. The molecule has 1 aliphatic rings. The van der Waals surface area contributed by atoms with Gasteiger partial charge in [0.15, 0.2) is 9.84 Å². The van der Waals surface area contributed by atoms with Crippen molar-refractivity contribution in [3.05, 3.63) is 35.7 Å². The van der Waals surface area contributed by atoms with Gasteiger partial charge in [0.25, 0.3) is 0 Å². The fourth-order valence-corrected chi connectivity index (χ4v) is 4.61. The first-order valence-corrected chi connectivity index (χ1v) is 8.43. The summed E-state index contributed by atoms with van der Waals surface area (Å²) in [5.74, 6) is 0.856. The lowest BCUT2D eigenvalue weighted by Gasteiger charge is -2.10. The highest BCUT2D eigenvalue weighted by Gasteiger charge is 2.34. The highest BCUT2D eigenvalue weighted by Crippen LogP contribution is 2.35. The maximum absolute atomic E-state index is 12.0. The lowest BCUT2D eigenvalue weighted by Crippen LogP contribution is -2.12. The van der Waals surface area contributed by atoms with Crippen LogP contribution in [0.15, 0.2) is 29.2 Å². The van der Waals surface area contributed by atoms with E-state index in [2.05, 4.69) is 14.7 Å². The van der Waals surface area contributed by atoms with Crippen LogP contribution in [0.5, 0.6) is 0 Å². The van der Waals surface area contributed by atoms with Crippen LogP contribution in [0.2, 0.25) is 0 Å². The molecule has 0 bridgehead atoms. The monoisotopic (exact) mass is 295 g/mol. The van der Waals surface area contributed by atoms with E-state index in [-0.39, 0.29) is 11.8 Å². The molecule has 1 atom stereocenters. The van der Waals surface area contributed by atoms with Gasteiger partial charge in [-0.3, -0.25) is 0 Å². The summed E-state index contributed by atoms with van der Waals surface area (Å²) in [5, 5.41) is 3.85. The molecule has 1 aromatic carbocycles. The maximum Gasteiger partial charge on any atom is 0.203 e. The first-order valence-electron chi connectivity index (χ1n) is 6.01. The summed E-state index contributed by atoms with van der Waals surface area (Å²) in [6, 6.07) is 6.87. The van der Waals surface area contributed by atoms with Crippen LogP contribution in [-0.2, 0) is 16.3 Å². The summed E-state index contributed by atoms with van der Waals surface area (Å²) in [6.45, 7) is 1.99. The molecular formula is C12H13N3O2S2. The lowest BCUT2D eigenvalue weighted by atomic mass is 10.1. The smallest absolute Gasteiger partial charge is 0.203 e. The van der Waals surface area contributed by atoms with Gasteiger partial charge < -0.3 is 5.32 Å². The molecule has 100 valence electrons. The standard InChI is InChI=1S/C12H13N3O2S2/c1-2-11-14-12(18-15-11)13-9-7-19(16,17)10-6-4-3-5-8(9)10/h3-6,9H,2,7H2,1H3,(H,13,14,15)/t9-/m1/s1. The second-order valence-corrected chi connectivity index (χ2v) is 7.14. The van der Waals surface area contributed by atoms with Crippen LogP contribution in [-0.4, -0.2) is 23.5 Å². The summed E-state index contributed by atoms with van der Waals surface area (Å²) in [6.07, 6.45) is 0.776. The molecule has 0 spiro atoms. The van der Waals surface area contributed by atoms with Gasteiger partial charge in [0.2, 0.25) is 5.13 Å². The Bertz CT molecular complexity index is 709. The topological polar surface area (TPSA) is 72.0 Å². The van der Waals surface area contributed by atoms with Crippen LogP contribution in [0.1, 0.15) is 24.4 Å². The molecule has 0 fully saturated rings. The van der Waals surface area contributed by atoms with Gasteiger partial charge in [-0.05, 0) is 11.6 Å². The molecule has 7 heteroatoms. The average Bonchev–Trinajstić information content (AvgIpc) is 2.94. The Kier molecular flexibility index (Phi) is 3.02. The van der Waals surface area contributed by atoms with E-state index < -0.39 is 9.84 Å². The lowest BCUT2D eigenvalue weighted by molar-refractivity contribution is 0.598. The number of benzene rings is 1. The maximum atomic E-state index is 12.0. The third-order valence-corrected chi connectivity index (χ3v) is 5.60. The zero-order valence-electron chi connectivity index (χ0n) is 10.3. The highest BCUT2D eigenvalue weighted by atomic mass is 32.2. The average molecular weight is 295 g/mol. The molecule has 2 aromatic rings. The molecule has 0 saturated carbocycles. The number of nitrogens with one attached hydrogen (secondary N) is 1. The minimum Gasteiger partial charge on any atom is -0.352 e. The normalized spacial score (nSPS) is 20.2. The fraction of sp³-hybridized carbons (Fsp3) is 0.333. The van der Waals surface area contributed by atoms with E-state index >= 15 is 0 Å². The van der Waals surface area contributed by atoms with Crippen molar-refractivity contribution >= 4 is 26.5 Å². The minimum absolute atomic E-state index is 0.0768. The zero-order valence-corrected chi connectivity index (χ0v) is 12.0. The van der Waals surface area contributed by atoms with Gasteiger partial charge in [-0.15, -0.1) is 0 Å². The predicted octanol–water partition coefficient (Wildman–Crippen LogP) is 2.04. The Morgan fingerprint density at radius 2 is 2.21 bits per heavy atom. The molecule has 5 nitrogen and oxygen atoms in total. The van der Waals surface area contributed by atoms with Gasteiger partial charge in [0.05, 0.1) is 16.7 Å². The quantitative estimate of drug-likeness (QED) is 0.938. The summed E-state index contributed by atoms with van der Waals surface area (Å²) >= 11 is 1.27. The number of sulfone groups is 1. The van der Waals surface area contributed by atoms with Crippen LogP contribution in [0.4, 0.5) is 5.13 Å². The molecule has 2 heterocycles. The van der Waals surface area contributed by atoms with Crippen LogP contribution < -0.4 is 5.32 Å². The van der Waals surface area contributed by atoms with Crippen molar-refractivity contribution in [2.45, 2.75) is 24.3 Å². The van der Waals surface area contributed by atoms with Crippen molar-refractivity contribution in [3.63, 3.8) is 0 Å². The Morgan fingerprint density at radius 3 is 2.95 bits per heavy atom. The van der Waals surface area contributed by atoms with Gasteiger partial charge >= 0.3 is 0 Å². The SMILES string of the molecule is CCc1nsc(N[C@@H]2CS(=O)(=O)c3ccccc32)n1. The first kappa shape index (κ1) is 12.6. The van der Waals surface area contributed by atoms with Crippen molar-refractivity contribution in [2.24, 2.45) is 0 Å². The van der Waals surface area contributed by atoms with Crippen LogP contribution in [0.25, 0.3) is 0 Å². The zero-order chi connectivity index (χ0) is 13.5. The Balaban J connectivity index is 1.91. The number of aromatic nitrogens is 2. The van der Waals surface area contributed by atoms with E-state index in [1.54, 1.807) is 12.1 Å². The number of anilines is 1. The Labute approximate surface area is 115 Å². The molecule has 19 heavy (non-hydrogen) atoms. The van der Waals surface area contributed by atoms with E-state index in [0.29, 0.717) is 10.0 Å². The van der Waals surface area contributed by atoms with E-state index in [1.807, 2.05) is 19.1 Å². The van der Waals surface area contributed by atoms with Gasteiger partial charge in [0, 0.05) is 18.0 Å². The fourth-order valence-electron chi connectivity index (χ4n) is 2.18. The summed E-state index contributed by atoms with van der Waals surface area (Å²) < 4.78 is 28.3. The molecule has 1 N–H and O–H groups in total. The molecule has 1 aromatic heterocycles. The molecule has 0 saturated heterocycles. The van der Waals surface area contributed by atoms with Gasteiger partial charge in [-0.25, -0.2) is 13.4 Å². The number of hydrogen-bond acceptors (Lipinski definition) is 6. The third kappa shape index (κ3) is 2.23. The van der Waals surface area contributed by atoms with Crippen molar-refractivity contribution in [1.82, 2.24) is 9.36 Å². The van der Waals surface area contributed by atoms with Gasteiger partial charge in [-0.1, -0.05) is 25.1 Å². The highest BCUT2D eigenvalue weighted by molar-refractivity contribution is 7.91. The molecule has 0 amide bonds. The molecule has 0 unspecified atom stereocenters. The minimum atomic E-state index is -3.18. The molecular weight excluding hydrogens is 282 g/mol. The molecule has 1 aliphatic heterocycles. The first-order chi connectivity index (χ1) is 9.10. The van der Waals surface area contributed by atoms with E-state index in [9.17, 15) is 8.42 Å². The Hall–Kier alpha value is -1.47. The molecule has 0 radical (unpaired) electrons. The van der Waals surface area contributed by atoms with E-state index in [1.165, 1.54) is 11.5 Å². The van der Waals surface area contributed by atoms with E-state index in [0.717, 1.165) is 17.8 Å². The van der Waals surface area contributed by atoms with Crippen LogP contribution in [0.3, 0.4) is 0 Å². The molecule has 3 rings (SSSR count). The number of hydrogen-bond donors (Lipinski definition) is 1. The predicted molar refractivity (Wildman–Crippen MR) is 74.1 cm³/mol. The second kappa shape index (κ2) is 4.57. The van der Waals surface area contributed by atoms with Crippen LogP contribution >= 0.6 is 11.5 Å². The van der Waals surface area contributed by atoms with Crippen molar-refractivity contribution in [1.29, 1.82) is 0 Å². The number of rotatable bonds is 3. The summed E-state index contributed by atoms with van der Waals surface area (Å²) in [5.41, 5.74) is 0.816. The van der Waals surface area contributed by atoms with Crippen molar-refractivity contribution in [2.75, 3.05) is 11.1 Å². The number of fused-ring (bicyclic) bond motifs is 1. The van der Waals surface area contributed by atoms with Gasteiger partial charge in [-0.2, -0.15) is 4.37 Å². The van der Waals surface area contributed by atoms with Crippen molar-refractivity contribution in [3.8, 4) is 0 Å². The third-order valence-electron chi connectivity index (χ3n) is 3.10. The Morgan fingerprint density at radius 1 is 1.42 bits per heavy atom. The largest absolute Gasteiger partial charge is 0.352 e. The number of aryl methyl sites for hydroxylation is 1. The summed E-state index contributed by atoms with van der Waals surface area (Å²) in [7, 11) is -3.18. The van der Waals surface area contributed by atoms with Crippen molar-refractivity contribution < 1.29 is 8.42 Å².